The van der Waals surface area contributed by atoms with Gasteiger partial charge >= 0.3 is 6.61 Å². The van der Waals surface area contributed by atoms with Gasteiger partial charge in [0.1, 0.15) is 5.82 Å². The summed E-state index contributed by atoms with van der Waals surface area (Å²) in [6.07, 6.45) is 2.78. The quantitative estimate of drug-likeness (QED) is 0.233. The minimum Gasteiger partial charge on any atom is -0.429 e. The Morgan fingerprint density at radius 2 is 1.47 bits per heavy atom. The zero-order chi connectivity index (χ0) is 25.9. The molecule has 0 unspecified atom stereocenters. The van der Waals surface area contributed by atoms with Crippen LogP contribution in [0.3, 0.4) is 0 Å². The summed E-state index contributed by atoms with van der Waals surface area (Å²) in [6.45, 7) is -3.33. The van der Waals surface area contributed by atoms with Crippen molar-refractivity contribution in [1.29, 1.82) is 0 Å². The van der Waals surface area contributed by atoms with Gasteiger partial charge in [-0.3, -0.25) is 4.18 Å². The van der Waals surface area contributed by atoms with Crippen LogP contribution in [-0.4, -0.2) is 21.6 Å². The summed E-state index contributed by atoms with van der Waals surface area (Å²) < 4.78 is 101. The van der Waals surface area contributed by atoms with Crippen molar-refractivity contribution in [2.45, 2.75) is 43.1 Å². The van der Waals surface area contributed by atoms with Crippen LogP contribution in [0.15, 0.2) is 65.6 Å². The van der Waals surface area contributed by atoms with Crippen LogP contribution in [0.5, 0.6) is 5.75 Å². The number of hydrogen-bond acceptors (Lipinski definition) is 4. The third kappa shape index (κ3) is 6.04. The summed E-state index contributed by atoms with van der Waals surface area (Å²) in [5, 5.41) is 0. The summed E-state index contributed by atoms with van der Waals surface area (Å²) in [4.78, 5) is 0.102. The first-order valence-corrected chi connectivity index (χ1v) is 12.7. The van der Waals surface area contributed by atoms with Gasteiger partial charge < -0.3 is 4.74 Å². The highest BCUT2D eigenvalue weighted by Gasteiger charge is 2.26. The molecular formula is C26H23F5O4S. The molecule has 0 radical (unpaired) electrons. The molecule has 3 aromatic carbocycles. The molecule has 0 aliphatic heterocycles. The van der Waals surface area contributed by atoms with Crippen LogP contribution in [0.2, 0.25) is 0 Å². The van der Waals surface area contributed by atoms with Crippen LogP contribution in [0.4, 0.5) is 22.0 Å². The lowest BCUT2D eigenvalue weighted by Gasteiger charge is -2.28. The Labute approximate surface area is 205 Å². The second-order valence-electron chi connectivity index (χ2n) is 8.66. The Bertz CT molecular complexity index is 1280. The van der Waals surface area contributed by atoms with Gasteiger partial charge in [-0.15, -0.1) is 0 Å². The molecular weight excluding hydrogens is 503 g/mol. The molecule has 0 N–H and O–H groups in total. The summed E-state index contributed by atoms with van der Waals surface area (Å²) in [6, 6.07) is 13.8. The van der Waals surface area contributed by atoms with E-state index < -0.39 is 39.9 Å². The van der Waals surface area contributed by atoms with E-state index in [0.717, 1.165) is 12.1 Å². The second kappa shape index (κ2) is 11.0. The lowest BCUT2D eigenvalue weighted by Crippen LogP contribution is -2.20. The van der Waals surface area contributed by atoms with Crippen LogP contribution >= 0.6 is 0 Å². The summed E-state index contributed by atoms with van der Waals surface area (Å²) >= 11 is 0. The van der Waals surface area contributed by atoms with E-state index in [1.807, 2.05) is 0 Å². The first kappa shape index (κ1) is 26.1. The zero-order valence-corrected chi connectivity index (χ0v) is 19.8. The highest BCUT2D eigenvalue weighted by Crippen LogP contribution is 2.38. The van der Waals surface area contributed by atoms with Gasteiger partial charge in [-0.05, 0) is 79.0 Å². The number of alkyl halides is 2. The molecule has 3 aromatic rings. The van der Waals surface area contributed by atoms with Crippen molar-refractivity contribution in [3.05, 3.63) is 83.7 Å². The molecule has 10 heteroatoms. The predicted molar refractivity (Wildman–Crippen MR) is 123 cm³/mol. The molecule has 0 aromatic heterocycles. The first-order valence-electron chi connectivity index (χ1n) is 11.3. The lowest BCUT2D eigenvalue weighted by molar-refractivity contribution is -0.0546. The number of ether oxygens (including phenoxy) is 1. The maximum absolute atomic E-state index is 14.9. The Kier molecular flexibility index (Phi) is 7.94. The van der Waals surface area contributed by atoms with Crippen molar-refractivity contribution in [3.63, 3.8) is 0 Å². The third-order valence-corrected chi connectivity index (χ3v) is 7.61. The number of hydrogen-bond donors (Lipinski definition) is 0. The van der Waals surface area contributed by atoms with Crippen LogP contribution in [0.25, 0.3) is 11.1 Å². The van der Waals surface area contributed by atoms with E-state index in [1.54, 1.807) is 24.3 Å². The normalized spacial score (nSPS) is 18.4. The maximum Gasteiger partial charge on any atom is 0.387 e. The van der Waals surface area contributed by atoms with Crippen LogP contribution < -0.4 is 4.74 Å². The van der Waals surface area contributed by atoms with Gasteiger partial charge in [0.2, 0.25) is 0 Å². The summed E-state index contributed by atoms with van der Waals surface area (Å²) in [7, 11) is -3.83. The van der Waals surface area contributed by atoms with E-state index in [9.17, 15) is 30.4 Å². The number of benzene rings is 3. The summed E-state index contributed by atoms with van der Waals surface area (Å²) in [5.41, 5.74) is 0.496. The fourth-order valence-corrected chi connectivity index (χ4v) is 5.44. The van der Waals surface area contributed by atoms with Crippen molar-refractivity contribution in [2.75, 3.05) is 6.61 Å². The first-order chi connectivity index (χ1) is 17.1. The van der Waals surface area contributed by atoms with Crippen molar-refractivity contribution in [1.82, 2.24) is 0 Å². The second-order valence-corrected chi connectivity index (χ2v) is 10.3. The predicted octanol–water partition coefficient (Wildman–Crippen LogP) is 7.05. The smallest absolute Gasteiger partial charge is 0.387 e. The standard InChI is InChI=1S/C26H23F5O4S/c27-22-12-18(10-11-21(22)19-13-23(28)25(24(29)14-19)35-26(30)31)17-8-6-16(7-9-17)15-34-36(32,33)20-4-2-1-3-5-20/h1-5,10-14,16-17,26H,6-9,15H2. The van der Waals surface area contributed by atoms with Crippen molar-refractivity contribution in [2.24, 2.45) is 5.92 Å². The van der Waals surface area contributed by atoms with Crippen LogP contribution in [0.1, 0.15) is 37.2 Å². The minimum atomic E-state index is -3.83. The maximum atomic E-state index is 14.9. The van der Waals surface area contributed by atoms with E-state index in [-0.39, 0.29) is 34.5 Å². The van der Waals surface area contributed by atoms with Crippen molar-refractivity contribution in [3.8, 4) is 16.9 Å². The fraction of sp³-hybridized carbons (Fsp3) is 0.308. The molecule has 4 rings (SSSR count). The minimum absolute atomic E-state index is 0.0332. The Hall–Kier alpha value is -2.98. The van der Waals surface area contributed by atoms with E-state index in [0.29, 0.717) is 31.2 Å². The molecule has 1 saturated carbocycles. The van der Waals surface area contributed by atoms with E-state index in [4.69, 9.17) is 4.18 Å². The van der Waals surface area contributed by atoms with Crippen molar-refractivity contribution < 1.29 is 39.3 Å². The molecule has 0 amide bonds. The monoisotopic (exact) mass is 526 g/mol. The topological polar surface area (TPSA) is 52.6 Å². The average molecular weight is 527 g/mol. The molecule has 0 atom stereocenters. The zero-order valence-electron chi connectivity index (χ0n) is 19.0. The molecule has 1 fully saturated rings. The van der Waals surface area contributed by atoms with Gasteiger partial charge in [-0.1, -0.05) is 30.3 Å². The van der Waals surface area contributed by atoms with E-state index in [2.05, 4.69) is 4.74 Å². The van der Waals surface area contributed by atoms with E-state index >= 15 is 0 Å². The largest absolute Gasteiger partial charge is 0.429 e. The number of rotatable bonds is 8. The Morgan fingerprint density at radius 3 is 2.06 bits per heavy atom. The highest BCUT2D eigenvalue weighted by molar-refractivity contribution is 7.86. The molecule has 36 heavy (non-hydrogen) atoms. The van der Waals surface area contributed by atoms with Gasteiger partial charge in [0.25, 0.3) is 10.1 Å². The molecule has 1 aliphatic rings. The molecule has 0 saturated heterocycles. The van der Waals surface area contributed by atoms with Gasteiger partial charge in [0, 0.05) is 5.56 Å². The molecule has 0 heterocycles. The van der Waals surface area contributed by atoms with Crippen LogP contribution in [0, 0.1) is 23.4 Å². The molecule has 0 bridgehead atoms. The van der Waals surface area contributed by atoms with E-state index in [1.165, 1.54) is 24.3 Å². The van der Waals surface area contributed by atoms with Crippen molar-refractivity contribution >= 4 is 10.1 Å². The van der Waals surface area contributed by atoms with Gasteiger partial charge in [-0.25, -0.2) is 13.2 Å². The Morgan fingerprint density at radius 1 is 0.833 bits per heavy atom. The summed E-state index contributed by atoms with van der Waals surface area (Å²) in [5.74, 6) is -4.56. The van der Waals surface area contributed by atoms with Gasteiger partial charge in [0.15, 0.2) is 17.4 Å². The fourth-order valence-electron chi connectivity index (χ4n) is 4.44. The number of halogens is 5. The third-order valence-electron chi connectivity index (χ3n) is 6.32. The molecule has 4 nitrogen and oxygen atoms in total. The average Bonchev–Trinajstić information content (AvgIpc) is 2.85. The lowest BCUT2D eigenvalue weighted by atomic mass is 9.79. The Balaban J connectivity index is 1.38. The SMILES string of the molecule is O=S(=O)(OCC1CCC(c2ccc(-c3cc(F)c(OC(F)F)c(F)c3)c(F)c2)CC1)c1ccccc1. The highest BCUT2D eigenvalue weighted by atomic mass is 32.2. The molecule has 1 aliphatic carbocycles. The van der Waals surface area contributed by atoms with Gasteiger partial charge in [-0.2, -0.15) is 17.2 Å². The molecule has 192 valence electrons. The van der Waals surface area contributed by atoms with Crippen LogP contribution in [-0.2, 0) is 14.3 Å². The van der Waals surface area contributed by atoms with Gasteiger partial charge in [0.05, 0.1) is 11.5 Å². The molecule has 0 spiro atoms.